The molecule has 9 atom stereocenters. The van der Waals surface area contributed by atoms with E-state index in [9.17, 15) is 10.0 Å². The van der Waals surface area contributed by atoms with Crippen LogP contribution in [0.15, 0.2) is 24.3 Å². The van der Waals surface area contributed by atoms with E-state index in [1.165, 1.54) is 37.7 Å². The summed E-state index contributed by atoms with van der Waals surface area (Å²) >= 11 is 0. The van der Waals surface area contributed by atoms with E-state index in [1.54, 1.807) is 0 Å². The SMILES string of the molecule is C=C(C)C1CC[C@]2(C(=O)NO)CC[C@]3(C)[C@H](CC[C@@H]4[C@@]5(C)CC=CC(C)(C)C5CC[C@]43C)C12. The van der Waals surface area contributed by atoms with Crippen molar-refractivity contribution in [2.75, 3.05) is 0 Å². The molecule has 3 nitrogen and oxygen atoms in total. The number of fused-ring (bicyclic) bond motifs is 7. The van der Waals surface area contributed by atoms with Crippen LogP contribution in [0.2, 0.25) is 0 Å². The summed E-state index contributed by atoms with van der Waals surface area (Å²) < 4.78 is 0. The Morgan fingerprint density at radius 3 is 2.33 bits per heavy atom. The van der Waals surface area contributed by atoms with Crippen molar-refractivity contribution in [3.63, 3.8) is 0 Å². The number of hydrogen-bond acceptors (Lipinski definition) is 2. The Morgan fingerprint density at radius 2 is 1.67 bits per heavy atom. The van der Waals surface area contributed by atoms with Crippen LogP contribution in [-0.2, 0) is 4.79 Å². The molecule has 0 heterocycles. The Labute approximate surface area is 201 Å². The summed E-state index contributed by atoms with van der Waals surface area (Å²) in [5, 5.41) is 9.74. The Morgan fingerprint density at radius 1 is 0.939 bits per heavy atom. The Balaban J connectivity index is 1.58. The molecule has 0 aromatic carbocycles. The standard InChI is InChI=1S/C30H47NO2/c1-19(2)20-11-16-30(25(32)31-33)18-17-28(6)21(24(20)30)9-10-23-27(5)14-8-13-26(3,4)22(27)12-15-29(23,28)7/h8,13,20-24,33H,1,9-12,14-18H2,2-7H3,(H,31,32)/t20?,21-,22?,23-,24?,27+,28-,29-,30+/m1/s1. The van der Waals surface area contributed by atoms with Gasteiger partial charge >= 0.3 is 0 Å². The van der Waals surface area contributed by atoms with E-state index >= 15 is 0 Å². The first-order valence-corrected chi connectivity index (χ1v) is 13.6. The highest BCUT2D eigenvalue weighted by atomic mass is 16.5. The van der Waals surface area contributed by atoms with Crippen molar-refractivity contribution in [3.05, 3.63) is 24.3 Å². The Kier molecular flexibility index (Phi) is 5.17. The third kappa shape index (κ3) is 2.81. The van der Waals surface area contributed by atoms with Gasteiger partial charge in [-0.25, -0.2) is 5.48 Å². The third-order valence-electron chi connectivity index (χ3n) is 12.9. The van der Waals surface area contributed by atoms with Gasteiger partial charge in [0, 0.05) is 0 Å². The molecule has 5 aliphatic carbocycles. The van der Waals surface area contributed by atoms with Gasteiger partial charge < -0.3 is 0 Å². The molecule has 0 aromatic heterocycles. The van der Waals surface area contributed by atoms with E-state index in [4.69, 9.17) is 0 Å². The van der Waals surface area contributed by atoms with Crippen LogP contribution in [0.4, 0.5) is 0 Å². The molecule has 0 aromatic rings. The third-order valence-corrected chi connectivity index (χ3v) is 12.9. The fourth-order valence-electron chi connectivity index (χ4n) is 11.3. The van der Waals surface area contributed by atoms with Crippen LogP contribution in [-0.4, -0.2) is 11.1 Å². The molecular weight excluding hydrogens is 406 g/mol. The van der Waals surface area contributed by atoms with Gasteiger partial charge in [0.15, 0.2) is 0 Å². The monoisotopic (exact) mass is 453 g/mol. The van der Waals surface area contributed by atoms with E-state index < -0.39 is 5.41 Å². The number of amides is 1. The Hall–Kier alpha value is -1.09. The highest BCUT2D eigenvalue weighted by molar-refractivity contribution is 5.82. The summed E-state index contributed by atoms with van der Waals surface area (Å²) in [4.78, 5) is 13.2. The van der Waals surface area contributed by atoms with Crippen molar-refractivity contribution in [3.8, 4) is 0 Å². The zero-order valence-electron chi connectivity index (χ0n) is 22.0. The van der Waals surface area contributed by atoms with Gasteiger partial charge in [-0.15, -0.1) is 0 Å². The first-order valence-electron chi connectivity index (χ1n) is 13.6. The lowest BCUT2D eigenvalue weighted by Crippen LogP contribution is -2.66. The van der Waals surface area contributed by atoms with Crippen LogP contribution in [0.3, 0.4) is 0 Å². The second-order valence-electron chi connectivity index (χ2n) is 14.2. The molecule has 184 valence electrons. The maximum Gasteiger partial charge on any atom is 0.249 e. The molecule has 4 saturated carbocycles. The van der Waals surface area contributed by atoms with Gasteiger partial charge in [-0.3, -0.25) is 10.0 Å². The van der Waals surface area contributed by atoms with Crippen molar-refractivity contribution >= 4 is 5.91 Å². The van der Waals surface area contributed by atoms with Gasteiger partial charge in [0.05, 0.1) is 5.41 Å². The number of carbonyl (C=O) groups is 1. The number of nitrogens with one attached hydrogen (secondary N) is 1. The minimum atomic E-state index is -0.414. The molecule has 1 amide bonds. The minimum Gasteiger partial charge on any atom is -0.289 e. The van der Waals surface area contributed by atoms with Crippen molar-refractivity contribution in [2.45, 2.75) is 99.3 Å². The van der Waals surface area contributed by atoms with E-state index in [-0.39, 0.29) is 16.7 Å². The molecule has 0 aliphatic heterocycles. The number of rotatable bonds is 2. The van der Waals surface area contributed by atoms with Crippen LogP contribution >= 0.6 is 0 Å². The first kappa shape index (κ1) is 23.6. The van der Waals surface area contributed by atoms with Crippen LogP contribution in [0.1, 0.15) is 99.3 Å². The van der Waals surface area contributed by atoms with Crippen LogP contribution in [0.5, 0.6) is 0 Å². The summed E-state index contributed by atoms with van der Waals surface area (Å²) in [6.45, 7) is 19.3. The lowest BCUT2D eigenvalue weighted by atomic mass is 9.33. The topological polar surface area (TPSA) is 49.3 Å². The van der Waals surface area contributed by atoms with Gasteiger partial charge in [0.1, 0.15) is 0 Å². The molecule has 5 aliphatic rings. The molecule has 4 fully saturated rings. The highest BCUT2D eigenvalue weighted by Crippen LogP contribution is 2.77. The Bertz CT molecular complexity index is 890. The fraction of sp³-hybridized carbons (Fsp3) is 0.833. The summed E-state index contributed by atoms with van der Waals surface area (Å²) in [5.41, 5.74) is 4.10. The smallest absolute Gasteiger partial charge is 0.249 e. The summed E-state index contributed by atoms with van der Waals surface area (Å²) in [5.74, 6) is 2.60. The average Bonchev–Trinajstić information content (AvgIpc) is 3.14. The van der Waals surface area contributed by atoms with Crippen molar-refractivity contribution in [1.82, 2.24) is 5.48 Å². The van der Waals surface area contributed by atoms with E-state index in [0.29, 0.717) is 28.6 Å². The largest absolute Gasteiger partial charge is 0.289 e. The summed E-state index contributed by atoms with van der Waals surface area (Å²) in [6.07, 6.45) is 15.3. The normalized spacial score (nSPS) is 52.2. The van der Waals surface area contributed by atoms with E-state index in [0.717, 1.165) is 37.5 Å². The van der Waals surface area contributed by atoms with Gasteiger partial charge in [0.2, 0.25) is 5.91 Å². The van der Waals surface area contributed by atoms with Gasteiger partial charge in [-0.05, 0) is 116 Å². The first-order chi connectivity index (χ1) is 15.4. The fourth-order valence-corrected chi connectivity index (χ4v) is 11.3. The van der Waals surface area contributed by atoms with Crippen molar-refractivity contribution in [1.29, 1.82) is 0 Å². The molecule has 0 radical (unpaired) electrons. The predicted octanol–water partition coefficient (Wildman–Crippen LogP) is 7.32. The van der Waals surface area contributed by atoms with Gasteiger partial charge in [0.25, 0.3) is 0 Å². The molecule has 3 heteroatoms. The maximum atomic E-state index is 13.2. The highest BCUT2D eigenvalue weighted by Gasteiger charge is 2.71. The molecule has 2 N–H and O–H groups in total. The lowest BCUT2D eigenvalue weighted by Gasteiger charge is -2.72. The molecule has 0 saturated heterocycles. The number of allylic oxidation sites excluding steroid dienone is 3. The quantitative estimate of drug-likeness (QED) is 0.261. The summed E-state index contributed by atoms with van der Waals surface area (Å²) in [6, 6.07) is 0. The molecule has 5 rings (SSSR count). The number of hydroxylamine groups is 1. The molecule has 3 unspecified atom stereocenters. The predicted molar refractivity (Wildman–Crippen MR) is 133 cm³/mol. The van der Waals surface area contributed by atoms with E-state index in [2.05, 4.69) is 65.8 Å². The molecule has 0 bridgehead atoms. The van der Waals surface area contributed by atoms with Crippen molar-refractivity contribution in [2.24, 2.45) is 56.7 Å². The van der Waals surface area contributed by atoms with E-state index in [1.807, 2.05) is 0 Å². The van der Waals surface area contributed by atoms with Gasteiger partial charge in [-0.1, -0.05) is 58.9 Å². The molecule has 33 heavy (non-hydrogen) atoms. The van der Waals surface area contributed by atoms with Crippen LogP contribution in [0.25, 0.3) is 0 Å². The zero-order chi connectivity index (χ0) is 24.0. The van der Waals surface area contributed by atoms with Crippen LogP contribution < -0.4 is 5.48 Å². The minimum absolute atomic E-state index is 0.125. The molecular formula is C30H47NO2. The van der Waals surface area contributed by atoms with Crippen molar-refractivity contribution < 1.29 is 10.0 Å². The zero-order valence-corrected chi connectivity index (χ0v) is 22.0. The number of carbonyl (C=O) groups excluding carboxylic acids is 1. The van der Waals surface area contributed by atoms with Crippen LogP contribution in [0, 0.1) is 56.7 Å². The maximum absolute atomic E-state index is 13.2. The molecule has 0 spiro atoms. The second kappa shape index (κ2) is 7.21. The second-order valence-corrected chi connectivity index (χ2v) is 14.2. The van der Waals surface area contributed by atoms with Gasteiger partial charge in [-0.2, -0.15) is 0 Å². The number of hydrogen-bond donors (Lipinski definition) is 2. The average molecular weight is 454 g/mol. The summed E-state index contributed by atoms with van der Waals surface area (Å²) in [7, 11) is 0. The lowest BCUT2D eigenvalue weighted by molar-refractivity contribution is -0.226.